The number of methoxy groups -OCH3 is 1. The highest BCUT2D eigenvalue weighted by Crippen LogP contribution is 2.31. The molecule has 0 bridgehead atoms. The Balaban J connectivity index is 1.30. The Bertz CT molecular complexity index is 1400. The van der Waals surface area contributed by atoms with Crippen LogP contribution in [0.2, 0.25) is 0 Å². The van der Waals surface area contributed by atoms with Crippen LogP contribution >= 0.6 is 11.3 Å². The Morgan fingerprint density at radius 3 is 2.63 bits per heavy atom. The van der Waals surface area contributed by atoms with Crippen LogP contribution < -0.4 is 15.4 Å². The Hall–Kier alpha value is -3.82. The van der Waals surface area contributed by atoms with Gasteiger partial charge in [0.25, 0.3) is 0 Å². The SMILES string of the molecule is COc1cc(-c2ccc(Nc3nc4ccc(F)cc4s3)cc2)ccc1C(=O)OC(=O)[C@@H]1CCCN1. The van der Waals surface area contributed by atoms with Crippen molar-refractivity contribution >= 4 is 44.3 Å². The van der Waals surface area contributed by atoms with Gasteiger partial charge in [-0.15, -0.1) is 0 Å². The first-order valence-electron chi connectivity index (χ1n) is 11.1. The Labute approximate surface area is 204 Å². The number of rotatable bonds is 6. The standard InChI is InChI=1S/C26H22FN3O4S/c1-33-22-13-16(6-10-19(22)24(31)34-25(32)21-3-2-12-28-21)15-4-8-18(9-5-15)29-26-30-20-11-7-17(27)14-23(20)35-26/h4-11,13-14,21,28H,2-3,12H2,1H3,(H,29,30)/t21-/m0/s1. The molecule has 3 aromatic carbocycles. The average molecular weight is 492 g/mol. The zero-order valence-corrected chi connectivity index (χ0v) is 19.7. The fourth-order valence-corrected chi connectivity index (χ4v) is 4.87. The van der Waals surface area contributed by atoms with Crippen molar-refractivity contribution in [3.05, 3.63) is 72.0 Å². The summed E-state index contributed by atoms with van der Waals surface area (Å²) >= 11 is 1.38. The van der Waals surface area contributed by atoms with Gasteiger partial charge in [-0.1, -0.05) is 29.5 Å². The lowest BCUT2D eigenvalue weighted by atomic mass is 10.0. The molecule has 1 fully saturated rings. The van der Waals surface area contributed by atoms with Crippen LogP contribution in [-0.4, -0.2) is 36.6 Å². The highest BCUT2D eigenvalue weighted by molar-refractivity contribution is 7.22. The van der Waals surface area contributed by atoms with E-state index in [2.05, 4.69) is 15.6 Å². The van der Waals surface area contributed by atoms with Crippen LogP contribution in [0.1, 0.15) is 23.2 Å². The van der Waals surface area contributed by atoms with Gasteiger partial charge < -0.3 is 20.1 Å². The van der Waals surface area contributed by atoms with E-state index in [1.54, 1.807) is 24.3 Å². The van der Waals surface area contributed by atoms with E-state index >= 15 is 0 Å². The van der Waals surface area contributed by atoms with Crippen LogP contribution in [-0.2, 0) is 9.53 Å². The molecule has 0 unspecified atom stereocenters. The highest BCUT2D eigenvalue weighted by atomic mass is 32.1. The molecule has 0 spiro atoms. The first-order chi connectivity index (χ1) is 17.0. The van der Waals surface area contributed by atoms with Gasteiger partial charge in [-0.25, -0.2) is 19.0 Å². The first kappa shape index (κ1) is 22.9. The second kappa shape index (κ2) is 9.81. The van der Waals surface area contributed by atoms with Crippen LogP contribution in [0, 0.1) is 5.82 Å². The molecule has 9 heteroatoms. The monoisotopic (exact) mass is 491 g/mol. The summed E-state index contributed by atoms with van der Waals surface area (Å²) < 4.78 is 24.7. The molecule has 0 saturated carbocycles. The molecule has 1 aromatic heterocycles. The number of aromatic nitrogens is 1. The fourth-order valence-electron chi connectivity index (χ4n) is 3.96. The Morgan fingerprint density at radius 2 is 1.89 bits per heavy atom. The van der Waals surface area contributed by atoms with Crippen molar-refractivity contribution in [2.24, 2.45) is 0 Å². The van der Waals surface area contributed by atoms with Crippen molar-refractivity contribution in [2.45, 2.75) is 18.9 Å². The molecule has 2 heterocycles. The number of carbonyl (C=O) groups is 2. The molecule has 0 amide bonds. The number of hydrogen-bond donors (Lipinski definition) is 2. The second-order valence-corrected chi connectivity index (χ2v) is 9.14. The number of esters is 2. The molecule has 0 aliphatic carbocycles. The fraction of sp³-hybridized carbons (Fsp3) is 0.192. The van der Waals surface area contributed by atoms with Crippen LogP contribution in [0.4, 0.5) is 15.2 Å². The lowest BCUT2D eigenvalue weighted by Crippen LogP contribution is -2.33. The topological polar surface area (TPSA) is 89.6 Å². The molecule has 1 aliphatic rings. The average Bonchev–Trinajstić information content (AvgIpc) is 3.54. The number of thiazole rings is 1. The summed E-state index contributed by atoms with van der Waals surface area (Å²) in [6, 6.07) is 16.9. The third-order valence-electron chi connectivity index (χ3n) is 5.78. The number of hydrogen-bond acceptors (Lipinski definition) is 8. The van der Waals surface area contributed by atoms with Crippen LogP contribution in [0.15, 0.2) is 60.7 Å². The molecular formula is C26H22FN3O4S. The Morgan fingerprint density at radius 1 is 1.09 bits per heavy atom. The van der Waals surface area contributed by atoms with Crippen molar-refractivity contribution in [3.63, 3.8) is 0 Å². The van der Waals surface area contributed by atoms with Crippen molar-refractivity contribution in [2.75, 3.05) is 19.0 Å². The predicted octanol–water partition coefficient (Wildman–Crippen LogP) is 5.29. The Kier molecular flexibility index (Phi) is 6.43. The van der Waals surface area contributed by atoms with Crippen LogP contribution in [0.3, 0.4) is 0 Å². The van der Waals surface area contributed by atoms with E-state index in [4.69, 9.17) is 9.47 Å². The van der Waals surface area contributed by atoms with E-state index in [0.717, 1.165) is 40.0 Å². The van der Waals surface area contributed by atoms with Gasteiger partial charge in [-0.05, 0) is 73.0 Å². The van der Waals surface area contributed by atoms with Gasteiger partial charge in [-0.3, -0.25) is 0 Å². The van der Waals surface area contributed by atoms with Gasteiger partial charge in [0.2, 0.25) is 0 Å². The maximum Gasteiger partial charge on any atom is 0.349 e. The molecule has 1 saturated heterocycles. The van der Waals surface area contributed by atoms with Gasteiger partial charge >= 0.3 is 11.9 Å². The summed E-state index contributed by atoms with van der Waals surface area (Å²) in [5.41, 5.74) is 3.51. The zero-order chi connectivity index (χ0) is 24.4. The van der Waals surface area contributed by atoms with Gasteiger partial charge in [0, 0.05) is 5.69 Å². The van der Waals surface area contributed by atoms with Gasteiger partial charge in [-0.2, -0.15) is 0 Å². The molecule has 2 N–H and O–H groups in total. The van der Waals surface area contributed by atoms with Crippen LogP contribution in [0.25, 0.3) is 21.3 Å². The molecule has 1 aliphatic heterocycles. The molecule has 1 atom stereocenters. The second-order valence-electron chi connectivity index (χ2n) is 8.11. The molecule has 178 valence electrons. The quantitative estimate of drug-likeness (QED) is 0.280. The predicted molar refractivity (Wildman–Crippen MR) is 133 cm³/mol. The molecular weight excluding hydrogens is 469 g/mol. The smallest absolute Gasteiger partial charge is 0.349 e. The number of nitrogens with zero attached hydrogens (tertiary/aromatic N) is 1. The summed E-state index contributed by atoms with van der Waals surface area (Å²) in [6.07, 6.45) is 1.53. The van der Waals surface area contributed by atoms with E-state index < -0.39 is 18.0 Å². The summed E-state index contributed by atoms with van der Waals surface area (Å²) in [5, 5.41) is 6.93. The molecule has 4 aromatic rings. The summed E-state index contributed by atoms with van der Waals surface area (Å²) in [5.74, 6) is -1.27. The number of ether oxygens (including phenoxy) is 2. The number of halogens is 1. The minimum Gasteiger partial charge on any atom is -0.496 e. The van der Waals surface area contributed by atoms with Crippen molar-refractivity contribution in [1.82, 2.24) is 10.3 Å². The van der Waals surface area contributed by atoms with Crippen molar-refractivity contribution in [3.8, 4) is 16.9 Å². The normalized spacial score (nSPS) is 15.2. The molecule has 7 nitrogen and oxygen atoms in total. The third kappa shape index (κ3) is 5.01. The third-order valence-corrected chi connectivity index (χ3v) is 6.71. The first-order valence-corrected chi connectivity index (χ1v) is 11.9. The lowest BCUT2D eigenvalue weighted by Gasteiger charge is -2.12. The van der Waals surface area contributed by atoms with E-state index in [-0.39, 0.29) is 11.4 Å². The maximum atomic E-state index is 13.4. The maximum absolute atomic E-state index is 13.4. The summed E-state index contributed by atoms with van der Waals surface area (Å²) in [7, 11) is 1.47. The van der Waals surface area contributed by atoms with Crippen molar-refractivity contribution in [1.29, 1.82) is 0 Å². The van der Waals surface area contributed by atoms with E-state index in [1.807, 2.05) is 24.3 Å². The number of anilines is 2. The van der Waals surface area contributed by atoms with E-state index in [0.29, 0.717) is 17.3 Å². The van der Waals surface area contributed by atoms with Gasteiger partial charge in [0.05, 0.1) is 17.3 Å². The van der Waals surface area contributed by atoms with Gasteiger partial charge in [0.1, 0.15) is 23.2 Å². The number of carbonyl (C=O) groups excluding carboxylic acids is 2. The molecule has 35 heavy (non-hydrogen) atoms. The largest absolute Gasteiger partial charge is 0.496 e. The van der Waals surface area contributed by atoms with Gasteiger partial charge in [0.15, 0.2) is 5.13 Å². The van der Waals surface area contributed by atoms with Crippen molar-refractivity contribution < 1.29 is 23.5 Å². The summed E-state index contributed by atoms with van der Waals surface area (Å²) in [6.45, 7) is 0.737. The number of benzene rings is 3. The zero-order valence-electron chi connectivity index (χ0n) is 18.8. The molecule has 5 rings (SSSR count). The van der Waals surface area contributed by atoms with E-state index in [9.17, 15) is 14.0 Å². The summed E-state index contributed by atoms with van der Waals surface area (Å²) in [4.78, 5) is 29.2. The highest BCUT2D eigenvalue weighted by Gasteiger charge is 2.27. The minimum atomic E-state index is -0.734. The minimum absolute atomic E-state index is 0.188. The lowest BCUT2D eigenvalue weighted by molar-refractivity contribution is -0.139. The number of fused-ring (bicyclic) bond motifs is 1. The van der Waals surface area contributed by atoms with E-state index in [1.165, 1.54) is 30.6 Å². The van der Waals surface area contributed by atoms with Crippen LogP contribution in [0.5, 0.6) is 5.75 Å². The molecule has 0 radical (unpaired) electrons. The number of nitrogens with one attached hydrogen (secondary N) is 2.